The Morgan fingerprint density at radius 3 is 2.89 bits per heavy atom. The highest BCUT2D eigenvalue weighted by Crippen LogP contribution is 2.22. The van der Waals surface area contributed by atoms with Crippen LogP contribution in [-0.4, -0.2) is 15.5 Å². The third-order valence-electron chi connectivity index (χ3n) is 2.83. The van der Waals surface area contributed by atoms with E-state index in [1.165, 1.54) is 0 Å². The fourth-order valence-corrected chi connectivity index (χ4v) is 1.93. The molecule has 0 unspecified atom stereocenters. The Labute approximate surface area is 106 Å². The lowest BCUT2D eigenvalue weighted by molar-refractivity contribution is -0.115. The minimum atomic E-state index is -0.00434. The highest BCUT2D eigenvalue weighted by atomic mass is 16.1. The number of nitrogen functional groups attached to an aromatic ring is 1. The van der Waals surface area contributed by atoms with Gasteiger partial charge in [0.15, 0.2) is 0 Å². The number of nitrogens with one attached hydrogen (secondary N) is 1. The van der Waals surface area contributed by atoms with Gasteiger partial charge in [0, 0.05) is 18.7 Å². The van der Waals surface area contributed by atoms with Gasteiger partial charge in [-0.05, 0) is 24.6 Å². The van der Waals surface area contributed by atoms with Crippen LogP contribution in [0, 0.1) is 0 Å². The smallest absolute Gasteiger partial charge is 0.224 e. The summed E-state index contributed by atoms with van der Waals surface area (Å²) >= 11 is 0. The van der Waals surface area contributed by atoms with Crippen LogP contribution >= 0.6 is 0 Å². The molecule has 1 amide bonds. The molecule has 0 aliphatic carbocycles. The Morgan fingerprint density at radius 1 is 1.44 bits per heavy atom. The summed E-state index contributed by atoms with van der Waals surface area (Å²) in [5.74, 6) is 0.515. The lowest BCUT2D eigenvalue weighted by Gasteiger charge is -2.05. The molecule has 1 aromatic heterocycles. The highest BCUT2D eigenvalue weighted by Gasteiger charge is 2.08. The predicted molar refractivity (Wildman–Crippen MR) is 73.4 cm³/mol. The number of imidazole rings is 1. The second kappa shape index (κ2) is 5.08. The molecule has 2 aromatic rings. The van der Waals surface area contributed by atoms with Crippen molar-refractivity contribution < 1.29 is 4.79 Å². The number of anilines is 2. The molecule has 0 spiro atoms. The predicted octanol–water partition coefficient (Wildman–Crippen LogP) is 2.38. The molecule has 0 atom stereocenters. The van der Waals surface area contributed by atoms with Gasteiger partial charge < -0.3 is 15.6 Å². The Kier molecular flexibility index (Phi) is 3.50. The van der Waals surface area contributed by atoms with Crippen molar-refractivity contribution in [3.8, 4) is 0 Å². The van der Waals surface area contributed by atoms with Gasteiger partial charge in [0.1, 0.15) is 0 Å². The van der Waals surface area contributed by atoms with Crippen molar-refractivity contribution in [3.63, 3.8) is 0 Å². The van der Waals surface area contributed by atoms with E-state index in [1.54, 1.807) is 0 Å². The minimum absolute atomic E-state index is 0.00434. The normalized spacial score (nSPS) is 10.8. The number of hydrogen-bond donors (Lipinski definition) is 2. The summed E-state index contributed by atoms with van der Waals surface area (Å²) in [5.41, 5.74) is 8.46. The number of hydrogen-bond acceptors (Lipinski definition) is 3. The maximum Gasteiger partial charge on any atom is 0.224 e. The first-order valence-corrected chi connectivity index (χ1v) is 6.21. The third-order valence-corrected chi connectivity index (χ3v) is 2.83. The Hall–Kier alpha value is -2.04. The molecule has 2 rings (SSSR count). The van der Waals surface area contributed by atoms with Gasteiger partial charge in [-0.15, -0.1) is 0 Å². The zero-order chi connectivity index (χ0) is 13.1. The molecule has 0 radical (unpaired) electrons. The maximum atomic E-state index is 11.3. The monoisotopic (exact) mass is 246 g/mol. The fourth-order valence-electron chi connectivity index (χ4n) is 1.93. The van der Waals surface area contributed by atoms with E-state index in [4.69, 9.17) is 5.73 Å². The second-order valence-corrected chi connectivity index (χ2v) is 4.23. The molecular formula is C13H18N4O. The summed E-state index contributed by atoms with van der Waals surface area (Å²) in [5, 5.41) is 2.82. The molecule has 0 fully saturated rings. The summed E-state index contributed by atoms with van der Waals surface area (Å²) in [7, 11) is 0. The van der Waals surface area contributed by atoms with E-state index < -0.39 is 0 Å². The summed E-state index contributed by atoms with van der Waals surface area (Å²) in [6.45, 7) is 4.77. The Morgan fingerprint density at radius 2 is 2.22 bits per heavy atom. The number of nitrogens with zero attached hydrogens (tertiary/aromatic N) is 2. The standard InChI is InChI=1S/C13H18N4O/c1-3-7-17-11-6-5-9(15-12(18)4-2)8-10(11)16-13(17)14/h5-6,8H,3-4,7H2,1-2H3,(H2,14,16)(H,15,18). The van der Waals surface area contributed by atoms with E-state index in [2.05, 4.69) is 17.2 Å². The molecular weight excluding hydrogens is 228 g/mol. The van der Waals surface area contributed by atoms with Crippen molar-refractivity contribution in [1.29, 1.82) is 0 Å². The number of fused-ring (bicyclic) bond motifs is 1. The van der Waals surface area contributed by atoms with Crippen LogP contribution in [-0.2, 0) is 11.3 Å². The number of carbonyl (C=O) groups excluding carboxylic acids is 1. The van der Waals surface area contributed by atoms with E-state index >= 15 is 0 Å². The van der Waals surface area contributed by atoms with Crippen LogP contribution in [0.5, 0.6) is 0 Å². The van der Waals surface area contributed by atoms with Crippen molar-refractivity contribution in [2.45, 2.75) is 33.2 Å². The molecule has 1 aromatic carbocycles. The first-order valence-electron chi connectivity index (χ1n) is 6.21. The van der Waals surface area contributed by atoms with Gasteiger partial charge >= 0.3 is 0 Å². The minimum Gasteiger partial charge on any atom is -0.369 e. The zero-order valence-electron chi connectivity index (χ0n) is 10.7. The van der Waals surface area contributed by atoms with Gasteiger partial charge in [0.2, 0.25) is 11.9 Å². The van der Waals surface area contributed by atoms with Crippen molar-refractivity contribution in [3.05, 3.63) is 18.2 Å². The quantitative estimate of drug-likeness (QED) is 0.869. The molecule has 0 aliphatic heterocycles. The number of benzene rings is 1. The van der Waals surface area contributed by atoms with Crippen LogP contribution in [0.3, 0.4) is 0 Å². The number of nitrogens with two attached hydrogens (primary N) is 1. The first-order chi connectivity index (χ1) is 8.65. The molecule has 5 nitrogen and oxygen atoms in total. The second-order valence-electron chi connectivity index (χ2n) is 4.23. The molecule has 96 valence electrons. The van der Waals surface area contributed by atoms with Crippen molar-refractivity contribution >= 4 is 28.6 Å². The first kappa shape index (κ1) is 12.4. The van der Waals surface area contributed by atoms with Crippen LogP contribution in [0.4, 0.5) is 11.6 Å². The number of rotatable bonds is 4. The van der Waals surface area contributed by atoms with Crippen LogP contribution < -0.4 is 11.1 Å². The average molecular weight is 246 g/mol. The van der Waals surface area contributed by atoms with Crippen LogP contribution in [0.15, 0.2) is 18.2 Å². The van der Waals surface area contributed by atoms with Crippen LogP contribution in [0.25, 0.3) is 11.0 Å². The molecule has 3 N–H and O–H groups in total. The average Bonchev–Trinajstić information content (AvgIpc) is 2.66. The van der Waals surface area contributed by atoms with E-state index in [-0.39, 0.29) is 5.91 Å². The summed E-state index contributed by atoms with van der Waals surface area (Å²) in [4.78, 5) is 15.6. The molecule has 0 saturated carbocycles. The fraction of sp³-hybridized carbons (Fsp3) is 0.385. The number of carbonyl (C=O) groups is 1. The highest BCUT2D eigenvalue weighted by molar-refractivity contribution is 5.93. The number of aromatic nitrogens is 2. The lowest BCUT2D eigenvalue weighted by atomic mass is 10.2. The van der Waals surface area contributed by atoms with E-state index in [9.17, 15) is 4.79 Å². The molecule has 0 bridgehead atoms. The molecule has 1 heterocycles. The summed E-state index contributed by atoms with van der Waals surface area (Å²) < 4.78 is 1.99. The molecule has 5 heteroatoms. The molecule has 0 saturated heterocycles. The largest absolute Gasteiger partial charge is 0.369 e. The maximum absolute atomic E-state index is 11.3. The van der Waals surface area contributed by atoms with Gasteiger partial charge in [0.25, 0.3) is 0 Å². The Bertz CT molecular complexity index is 574. The summed E-state index contributed by atoms with van der Waals surface area (Å²) in [6.07, 6.45) is 1.47. The molecule has 0 aliphatic rings. The van der Waals surface area contributed by atoms with E-state index in [0.717, 1.165) is 29.7 Å². The van der Waals surface area contributed by atoms with Gasteiger partial charge in [-0.3, -0.25) is 4.79 Å². The van der Waals surface area contributed by atoms with Crippen molar-refractivity contribution in [2.75, 3.05) is 11.1 Å². The third kappa shape index (κ3) is 2.30. The van der Waals surface area contributed by atoms with Gasteiger partial charge in [-0.25, -0.2) is 4.98 Å². The SMILES string of the molecule is CCCn1c(N)nc2cc(NC(=O)CC)ccc21. The van der Waals surface area contributed by atoms with E-state index in [0.29, 0.717) is 12.4 Å². The number of aryl methyl sites for hydroxylation is 1. The van der Waals surface area contributed by atoms with E-state index in [1.807, 2.05) is 29.7 Å². The Balaban J connectivity index is 2.38. The van der Waals surface area contributed by atoms with Gasteiger partial charge in [0.05, 0.1) is 11.0 Å². The topological polar surface area (TPSA) is 72.9 Å². The lowest BCUT2D eigenvalue weighted by Crippen LogP contribution is -2.09. The molecule has 18 heavy (non-hydrogen) atoms. The number of amides is 1. The van der Waals surface area contributed by atoms with Crippen LogP contribution in [0.1, 0.15) is 26.7 Å². The van der Waals surface area contributed by atoms with Crippen molar-refractivity contribution in [1.82, 2.24) is 9.55 Å². The van der Waals surface area contributed by atoms with Crippen LogP contribution in [0.2, 0.25) is 0 Å². The zero-order valence-corrected chi connectivity index (χ0v) is 10.7. The van der Waals surface area contributed by atoms with Crippen molar-refractivity contribution in [2.24, 2.45) is 0 Å². The van der Waals surface area contributed by atoms with Gasteiger partial charge in [-0.1, -0.05) is 13.8 Å². The van der Waals surface area contributed by atoms with Gasteiger partial charge in [-0.2, -0.15) is 0 Å². The summed E-state index contributed by atoms with van der Waals surface area (Å²) in [6, 6.07) is 5.67.